The Morgan fingerprint density at radius 2 is 1.90 bits per heavy atom. The van der Waals surface area contributed by atoms with Crippen LogP contribution in [0, 0.1) is 17.3 Å². The van der Waals surface area contributed by atoms with E-state index in [9.17, 15) is 4.79 Å². The highest BCUT2D eigenvalue weighted by Crippen LogP contribution is 2.40. The molecule has 5 nitrogen and oxygen atoms in total. The van der Waals surface area contributed by atoms with Crippen molar-refractivity contribution >= 4 is 11.7 Å². The number of nitrogens with two attached hydrogens (primary N) is 1. The number of rotatable bonds is 3. The van der Waals surface area contributed by atoms with Gasteiger partial charge in [-0.05, 0) is 43.9 Å². The molecule has 0 aromatic carbocycles. The highest BCUT2D eigenvalue weighted by atomic mass is 16.4. The largest absolute Gasteiger partial charge is 0.409 e. The van der Waals surface area contributed by atoms with Crippen molar-refractivity contribution in [3.63, 3.8) is 0 Å². The molecule has 1 aliphatic heterocycles. The lowest BCUT2D eigenvalue weighted by Gasteiger charge is -2.33. The van der Waals surface area contributed by atoms with Crippen LogP contribution in [0.15, 0.2) is 5.16 Å². The molecule has 1 unspecified atom stereocenters. The van der Waals surface area contributed by atoms with Gasteiger partial charge in [-0.1, -0.05) is 31.8 Å². The molecule has 2 fully saturated rings. The van der Waals surface area contributed by atoms with E-state index in [1.165, 1.54) is 6.42 Å². The summed E-state index contributed by atoms with van der Waals surface area (Å²) >= 11 is 0. The van der Waals surface area contributed by atoms with Gasteiger partial charge in [0.05, 0.1) is 0 Å². The number of carbonyl (C=O) groups excluding carboxylic acids is 1. The lowest BCUT2D eigenvalue weighted by Crippen LogP contribution is -2.50. The maximum absolute atomic E-state index is 13.0. The maximum Gasteiger partial charge on any atom is 0.236 e. The fraction of sp³-hybridized carbons (Fsp3) is 0.875. The lowest BCUT2D eigenvalue weighted by atomic mass is 9.83. The molecular formula is C16H29N3O2. The molecule has 1 heterocycles. The Morgan fingerprint density at radius 3 is 2.48 bits per heavy atom. The summed E-state index contributed by atoms with van der Waals surface area (Å²) in [6, 6.07) is 0. The third kappa shape index (κ3) is 3.16. The van der Waals surface area contributed by atoms with Gasteiger partial charge >= 0.3 is 0 Å². The average Bonchev–Trinajstić information content (AvgIpc) is 2.84. The minimum atomic E-state index is -0.744. The van der Waals surface area contributed by atoms with Gasteiger partial charge in [0.15, 0.2) is 5.84 Å². The molecule has 1 saturated carbocycles. The summed E-state index contributed by atoms with van der Waals surface area (Å²) in [5, 5.41) is 12.2. The van der Waals surface area contributed by atoms with E-state index in [0.717, 1.165) is 38.8 Å². The summed E-state index contributed by atoms with van der Waals surface area (Å²) in [5.41, 5.74) is 5.14. The molecule has 21 heavy (non-hydrogen) atoms. The minimum absolute atomic E-state index is 0.0831. The zero-order chi connectivity index (χ0) is 15.5. The van der Waals surface area contributed by atoms with Crippen molar-refractivity contribution in [2.24, 2.45) is 28.1 Å². The van der Waals surface area contributed by atoms with Gasteiger partial charge < -0.3 is 15.8 Å². The first-order chi connectivity index (χ1) is 10.0. The summed E-state index contributed by atoms with van der Waals surface area (Å²) in [4.78, 5) is 15.0. The van der Waals surface area contributed by atoms with Gasteiger partial charge in [0, 0.05) is 13.1 Å². The molecule has 0 aromatic rings. The van der Waals surface area contributed by atoms with E-state index >= 15 is 0 Å². The van der Waals surface area contributed by atoms with Crippen molar-refractivity contribution in [2.75, 3.05) is 13.1 Å². The second kappa shape index (κ2) is 6.67. The monoisotopic (exact) mass is 295 g/mol. The normalized spacial score (nSPS) is 26.9. The first-order valence-corrected chi connectivity index (χ1v) is 8.28. The van der Waals surface area contributed by atoms with Crippen LogP contribution in [-0.4, -0.2) is 34.9 Å². The zero-order valence-corrected chi connectivity index (χ0v) is 13.3. The van der Waals surface area contributed by atoms with Crippen molar-refractivity contribution < 1.29 is 10.0 Å². The smallest absolute Gasteiger partial charge is 0.236 e. The summed E-state index contributed by atoms with van der Waals surface area (Å²) < 4.78 is 0. The standard InChI is InChI=1S/C16H29N3O2/c1-12(2)13-6-5-10-19(11-7-13)15(20)16(14(17)18-21)8-3-4-9-16/h12-13,21H,3-11H2,1-2H3,(H2,17,18). The number of hydrogen-bond donors (Lipinski definition) is 2. The van der Waals surface area contributed by atoms with Gasteiger partial charge in [-0.3, -0.25) is 4.79 Å². The molecule has 0 aromatic heterocycles. The van der Waals surface area contributed by atoms with Crippen LogP contribution in [0.4, 0.5) is 0 Å². The zero-order valence-electron chi connectivity index (χ0n) is 13.3. The third-order valence-corrected chi connectivity index (χ3v) is 5.47. The predicted molar refractivity (Wildman–Crippen MR) is 83.1 cm³/mol. The molecule has 0 bridgehead atoms. The van der Waals surface area contributed by atoms with Crippen LogP contribution in [0.1, 0.15) is 58.8 Å². The molecule has 1 aliphatic carbocycles. The van der Waals surface area contributed by atoms with Crippen molar-refractivity contribution in [3.05, 3.63) is 0 Å². The van der Waals surface area contributed by atoms with E-state index in [1.807, 2.05) is 4.90 Å². The van der Waals surface area contributed by atoms with Gasteiger partial charge in [0.25, 0.3) is 0 Å². The van der Waals surface area contributed by atoms with E-state index in [0.29, 0.717) is 24.7 Å². The number of oxime groups is 1. The average molecular weight is 295 g/mol. The molecule has 0 spiro atoms. The molecule has 120 valence electrons. The Kier molecular flexibility index (Phi) is 5.12. The number of carbonyl (C=O) groups is 1. The lowest BCUT2D eigenvalue weighted by molar-refractivity contribution is -0.138. The first kappa shape index (κ1) is 16.1. The van der Waals surface area contributed by atoms with Crippen molar-refractivity contribution in [2.45, 2.75) is 58.8 Å². The summed E-state index contributed by atoms with van der Waals surface area (Å²) in [6.07, 6.45) is 6.70. The quantitative estimate of drug-likeness (QED) is 0.363. The van der Waals surface area contributed by atoms with E-state index in [2.05, 4.69) is 19.0 Å². The molecule has 0 radical (unpaired) electrons. The van der Waals surface area contributed by atoms with Gasteiger partial charge in [-0.25, -0.2) is 0 Å². The van der Waals surface area contributed by atoms with Crippen molar-refractivity contribution in [3.8, 4) is 0 Å². The fourth-order valence-electron chi connectivity index (χ4n) is 3.95. The molecule has 3 N–H and O–H groups in total. The van der Waals surface area contributed by atoms with E-state index in [-0.39, 0.29) is 11.7 Å². The molecule has 2 rings (SSSR count). The van der Waals surface area contributed by atoms with Gasteiger partial charge in [0.2, 0.25) is 5.91 Å². The molecule has 1 amide bonds. The molecule has 1 saturated heterocycles. The molecule has 1 atom stereocenters. The molecular weight excluding hydrogens is 266 g/mol. The van der Waals surface area contributed by atoms with Gasteiger partial charge in [-0.2, -0.15) is 0 Å². The second-order valence-electron chi connectivity index (χ2n) is 7.00. The predicted octanol–water partition coefficient (Wildman–Crippen LogP) is 2.58. The first-order valence-electron chi connectivity index (χ1n) is 8.28. The van der Waals surface area contributed by atoms with E-state index in [1.54, 1.807) is 0 Å². The Hall–Kier alpha value is -1.26. The second-order valence-corrected chi connectivity index (χ2v) is 7.00. The summed E-state index contributed by atoms with van der Waals surface area (Å²) in [7, 11) is 0. The Balaban J connectivity index is 2.11. The number of amides is 1. The topological polar surface area (TPSA) is 78.9 Å². The Bertz CT molecular complexity index is 400. The van der Waals surface area contributed by atoms with Crippen LogP contribution < -0.4 is 5.73 Å². The van der Waals surface area contributed by atoms with Crippen LogP contribution in [0.5, 0.6) is 0 Å². The Morgan fingerprint density at radius 1 is 1.24 bits per heavy atom. The number of nitrogens with zero attached hydrogens (tertiary/aromatic N) is 2. The van der Waals surface area contributed by atoms with Crippen LogP contribution >= 0.6 is 0 Å². The fourth-order valence-corrected chi connectivity index (χ4v) is 3.95. The van der Waals surface area contributed by atoms with Crippen LogP contribution in [0.25, 0.3) is 0 Å². The van der Waals surface area contributed by atoms with E-state index in [4.69, 9.17) is 10.9 Å². The van der Waals surface area contributed by atoms with E-state index < -0.39 is 5.41 Å². The van der Waals surface area contributed by atoms with Gasteiger partial charge in [-0.15, -0.1) is 0 Å². The third-order valence-electron chi connectivity index (χ3n) is 5.47. The Labute approximate surface area is 127 Å². The number of hydrogen-bond acceptors (Lipinski definition) is 3. The maximum atomic E-state index is 13.0. The SMILES string of the molecule is CC(C)C1CCCN(C(=O)C2(C(N)=NO)CCCC2)CC1. The van der Waals surface area contributed by atoms with Crippen LogP contribution in [-0.2, 0) is 4.79 Å². The number of amidine groups is 1. The highest BCUT2D eigenvalue weighted by molar-refractivity contribution is 6.07. The van der Waals surface area contributed by atoms with Gasteiger partial charge in [0.1, 0.15) is 5.41 Å². The molecule has 5 heteroatoms. The summed E-state index contributed by atoms with van der Waals surface area (Å²) in [5.74, 6) is 1.56. The van der Waals surface area contributed by atoms with Crippen LogP contribution in [0.2, 0.25) is 0 Å². The number of likely N-dealkylation sites (tertiary alicyclic amines) is 1. The molecule has 2 aliphatic rings. The van der Waals surface area contributed by atoms with Crippen molar-refractivity contribution in [1.29, 1.82) is 0 Å². The highest BCUT2D eigenvalue weighted by Gasteiger charge is 2.47. The van der Waals surface area contributed by atoms with Crippen molar-refractivity contribution in [1.82, 2.24) is 4.90 Å². The summed E-state index contributed by atoms with van der Waals surface area (Å²) in [6.45, 7) is 6.14. The minimum Gasteiger partial charge on any atom is -0.409 e. The van der Waals surface area contributed by atoms with Crippen LogP contribution in [0.3, 0.4) is 0 Å².